The number of hydrogen-bond acceptors (Lipinski definition) is 8. The molecule has 12 nitrogen and oxygen atoms in total. The molecule has 14 heteroatoms. The zero-order chi connectivity index (χ0) is 29.8. The van der Waals surface area contributed by atoms with E-state index in [1.54, 1.807) is 31.9 Å². The lowest BCUT2D eigenvalue weighted by Crippen LogP contribution is -2.32. The molecule has 0 aliphatic carbocycles. The highest BCUT2D eigenvalue weighted by molar-refractivity contribution is 6.30. The molecule has 1 unspecified atom stereocenters. The van der Waals surface area contributed by atoms with Crippen LogP contribution >= 0.6 is 23.2 Å². The third-order valence-corrected chi connectivity index (χ3v) is 8.60. The van der Waals surface area contributed by atoms with E-state index < -0.39 is 0 Å². The van der Waals surface area contributed by atoms with Gasteiger partial charge in [0.25, 0.3) is 0 Å². The Hall–Kier alpha value is -2.74. The number of hydrogen-bond donors (Lipinski definition) is 1. The van der Waals surface area contributed by atoms with Gasteiger partial charge < -0.3 is 23.9 Å². The highest BCUT2D eigenvalue weighted by Gasteiger charge is 2.24. The number of halogens is 2. The topological polar surface area (TPSA) is 127 Å². The van der Waals surface area contributed by atoms with Crippen molar-refractivity contribution in [1.82, 2.24) is 28.7 Å². The summed E-state index contributed by atoms with van der Waals surface area (Å²) in [6, 6.07) is 7.28. The first kappa shape index (κ1) is 30.3. The van der Waals surface area contributed by atoms with Gasteiger partial charge in [-0.1, -0.05) is 23.2 Å². The summed E-state index contributed by atoms with van der Waals surface area (Å²) >= 11 is 12.0. The van der Waals surface area contributed by atoms with Crippen molar-refractivity contribution in [1.29, 1.82) is 0 Å². The number of imidazole rings is 2. The summed E-state index contributed by atoms with van der Waals surface area (Å²) < 4.78 is 27.3. The molecule has 3 aliphatic rings. The fourth-order valence-electron chi connectivity index (χ4n) is 6.00. The van der Waals surface area contributed by atoms with Crippen LogP contribution < -0.4 is 11.4 Å². The number of H-pyrrole nitrogens is 1. The standard InChI is InChI=1S/C18H24ClN3O4.C11H12ClN3O2/c19-15-5-4-14-17(20-15)22(13-6-10-24-11-7-13)18(23)21(14)8-12-26-16-3-1-2-9-25-16;12-9-2-1-8-10(14-9)15(11(16)13-8)7-3-5-17-6-4-7/h4-5,13,16H,1-3,6-12H2;1-2,7H,3-6H2,(H,13,16). The van der Waals surface area contributed by atoms with Crippen molar-refractivity contribution in [3.63, 3.8) is 0 Å². The van der Waals surface area contributed by atoms with Gasteiger partial charge in [-0.3, -0.25) is 13.7 Å². The van der Waals surface area contributed by atoms with Crippen LogP contribution in [0.2, 0.25) is 10.3 Å². The predicted molar refractivity (Wildman–Crippen MR) is 162 cm³/mol. The number of rotatable bonds is 6. The van der Waals surface area contributed by atoms with E-state index in [2.05, 4.69) is 15.0 Å². The molecule has 7 rings (SSSR count). The first-order chi connectivity index (χ1) is 21.0. The van der Waals surface area contributed by atoms with E-state index in [1.165, 1.54) is 0 Å². The molecular weight excluding hydrogens is 599 g/mol. The van der Waals surface area contributed by atoms with Crippen LogP contribution in [0.25, 0.3) is 22.3 Å². The fourth-order valence-corrected chi connectivity index (χ4v) is 6.28. The minimum atomic E-state index is -0.157. The summed E-state index contributed by atoms with van der Waals surface area (Å²) in [4.78, 5) is 36.5. The van der Waals surface area contributed by atoms with Gasteiger partial charge in [0, 0.05) is 45.1 Å². The van der Waals surface area contributed by atoms with Gasteiger partial charge in [0.05, 0.1) is 24.2 Å². The monoisotopic (exact) mass is 634 g/mol. The molecule has 1 N–H and O–H groups in total. The third kappa shape index (κ3) is 6.84. The second-order valence-corrected chi connectivity index (χ2v) is 11.7. The van der Waals surface area contributed by atoms with Crippen LogP contribution in [0.4, 0.5) is 0 Å². The van der Waals surface area contributed by atoms with Crippen LogP contribution in [0, 0.1) is 0 Å². The Morgan fingerprint density at radius 3 is 2.14 bits per heavy atom. The summed E-state index contributed by atoms with van der Waals surface area (Å²) in [7, 11) is 0. The highest BCUT2D eigenvalue weighted by Crippen LogP contribution is 2.26. The van der Waals surface area contributed by atoms with E-state index in [9.17, 15) is 9.59 Å². The molecule has 0 radical (unpaired) electrons. The van der Waals surface area contributed by atoms with Gasteiger partial charge in [-0.05, 0) is 69.2 Å². The molecule has 0 amide bonds. The molecular formula is C29H36Cl2N6O6. The van der Waals surface area contributed by atoms with E-state index >= 15 is 0 Å². The van der Waals surface area contributed by atoms with Crippen molar-refractivity contribution in [2.75, 3.05) is 39.6 Å². The second kappa shape index (κ2) is 13.9. The van der Waals surface area contributed by atoms with Crippen LogP contribution in [-0.4, -0.2) is 74.6 Å². The molecule has 3 aliphatic heterocycles. The van der Waals surface area contributed by atoms with Gasteiger partial charge in [-0.2, -0.15) is 0 Å². The fraction of sp³-hybridized carbons (Fsp3) is 0.586. The SMILES string of the molecule is O=c1[nH]c2ccc(Cl)nc2n1C1CCOCC1.O=c1n(CCOC2CCCCO2)c2ccc(Cl)nc2n1C1CCOCC1. The van der Waals surface area contributed by atoms with Crippen molar-refractivity contribution in [2.45, 2.75) is 69.9 Å². The Bertz CT molecular complexity index is 1650. The maximum atomic E-state index is 13.1. The molecule has 3 fully saturated rings. The van der Waals surface area contributed by atoms with Gasteiger partial charge in [0.15, 0.2) is 17.6 Å². The molecule has 0 spiro atoms. The zero-order valence-electron chi connectivity index (χ0n) is 23.9. The first-order valence-electron chi connectivity index (χ1n) is 14.9. The Labute approximate surface area is 257 Å². The molecule has 0 saturated carbocycles. The second-order valence-electron chi connectivity index (χ2n) is 10.9. The number of nitrogens with one attached hydrogen (secondary N) is 1. The molecule has 4 aromatic heterocycles. The summed E-state index contributed by atoms with van der Waals surface area (Å²) in [5.74, 6) is 0. The largest absolute Gasteiger partial charge is 0.381 e. The third-order valence-electron chi connectivity index (χ3n) is 8.17. The summed E-state index contributed by atoms with van der Waals surface area (Å²) in [6.45, 7) is 4.33. The maximum absolute atomic E-state index is 13.1. The van der Waals surface area contributed by atoms with Crippen LogP contribution in [-0.2, 0) is 25.5 Å². The van der Waals surface area contributed by atoms with E-state index in [0.29, 0.717) is 61.2 Å². The quantitative estimate of drug-likeness (QED) is 0.308. The number of aromatic nitrogens is 6. The molecule has 0 bridgehead atoms. The Balaban J connectivity index is 0.000000167. The molecule has 1 atom stereocenters. The average molecular weight is 636 g/mol. The first-order valence-corrected chi connectivity index (χ1v) is 15.7. The van der Waals surface area contributed by atoms with Crippen molar-refractivity contribution >= 4 is 45.5 Å². The van der Waals surface area contributed by atoms with Crippen LogP contribution in [0.1, 0.15) is 57.0 Å². The molecule has 232 valence electrons. The number of nitrogens with zero attached hydrogens (tertiary/aromatic N) is 5. The highest BCUT2D eigenvalue weighted by atomic mass is 35.5. The molecule has 4 aromatic rings. The van der Waals surface area contributed by atoms with E-state index in [1.807, 2.05) is 6.07 Å². The summed E-state index contributed by atoms with van der Waals surface area (Å²) in [6.07, 6.45) is 6.24. The lowest BCUT2D eigenvalue weighted by atomic mass is 10.1. The number of pyridine rings is 2. The average Bonchev–Trinajstić information content (AvgIpc) is 3.50. The number of fused-ring (bicyclic) bond motifs is 2. The summed E-state index contributed by atoms with van der Waals surface area (Å²) in [5, 5.41) is 0.791. The van der Waals surface area contributed by atoms with Crippen LogP contribution in [0.5, 0.6) is 0 Å². The van der Waals surface area contributed by atoms with Crippen molar-refractivity contribution in [3.8, 4) is 0 Å². The number of ether oxygens (including phenoxy) is 4. The Morgan fingerprint density at radius 2 is 1.47 bits per heavy atom. The van der Waals surface area contributed by atoms with Crippen LogP contribution in [0.15, 0.2) is 33.9 Å². The molecule has 3 saturated heterocycles. The lowest BCUT2D eigenvalue weighted by molar-refractivity contribution is -0.163. The van der Waals surface area contributed by atoms with Gasteiger partial charge in [-0.15, -0.1) is 0 Å². The van der Waals surface area contributed by atoms with E-state index in [0.717, 1.165) is 62.6 Å². The maximum Gasteiger partial charge on any atom is 0.330 e. The van der Waals surface area contributed by atoms with Gasteiger partial charge in [-0.25, -0.2) is 19.6 Å². The van der Waals surface area contributed by atoms with Crippen molar-refractivity contribution in [3.05, 3.63) is 55.5 Å². The zero-order valence-corrected chi connectivity index (χ0v) is 25.4. The Kier molecular flexibility index (Phi) is 9.80. The molecule has 7 heterocycles. The van der Waals surface area contributed by atoms with E-state index in [4.69, 9.17) is 42.1 Å². The Morgan fingerprint density at radius 1 is 0.814 bits per heavy atom. The molecule has 43 heavy (non-hydrogen) atoms. The van der Waals surface area contributed by atoms with Crippen molar-refractivity contribution in [2.24, 2.45) is 0 Å². The smallest absolute Gasteiger partial charge is 0.330 e. The van der Waals surface area contributed by atoms with Gasteiger partial charge in [0.1, 0.15) is 10.3 Å². The van der Waals surface area contributed by atoms with Crippen LogP contribution in [0.3, 0.4) is 0 Å². The normalized spacial score (nSPS) is 20.4. The van der Waals surface area contributed by atoms with Gasteiger partial charge >= 0.3 is 11.4 Å². The van der Waals surface area contributed by atoms with Gasteiger partial charge in [0.2, 0.25) is 0 Å². The minimum Gasteiger partial charge on any atom is -0.381 e. The van der Waals surface area contributed by atoms with Crippen molar-refractivity contribution < 1.29 is 18.9 Å². The lowest BCUT2D eigenvalue weighted by Gasteiger charge is -2.23. The summed E-state index contributed by atoms with van der Waals surface area (Å²) in [5.41, 5.74) is 2.61. The van der Waals surface area contributed by atoms with E-state index in [-0.39, 0.29) is 29.8 Å². The predicted octanol–water partition coefficient (Wildman–Crippen LogP) is 4.48. The minimum absolute atomic E-state index is 0.0603. The number of aromatic amines is 1. The molecule has 0 aromatic carbocycles.